The van der Waals surface area contributed by atoms with Crippen molar-refractivity contribution in [2.75, 3.05) is 5.75 Å². The number of halogens is 3. The van der Waals surface area contributed by atoms with Crippen molar-refractivity contribution in [3.8, 4) is 5.75 Å². The number of carbonyl (C=O) groups is 2. The summed E-state index contributed by atoms with van der Waals surface area (Å²) in [6, 6.07) is 3.72. The Balaban J connectivity index is 2.58. The first-order chi connectivity index (χ1) is 11.3. The van der Waals surface area contributed by atoms with E-state index in [2.05, 4.69) is 67.8 Å². The molecule has 0 aliphatic rings. The standard InChI is InChI=1S/C14H15I3O7S/c1-14(2,7-25(20,21)22)24-12(19)4-3-11(18)23-13-9(16)5-8(15)6-10(13)17/h5-6H,3-4,7H2,1-2H3,(H,20,21,22). The van der Waals surface area contributed by atoms with E-state index in [0.29, 0.717) is 5.75 Å². The third kappa shape index (κ3) is 9.14. The van der Waals surface area contributed by atoms with Crippen LogP contribution in [0.4, 0.5) is 0 Å². The third-order valence-electron chi connectivity index (χ3n) is 2.63. The van der Waals surface area contributed by atoms with Gasteiger partial charge in [-0.25, -0.2) is 0 Å². The number of benzene rings is 1. The molecule has 0 fully saturated rings. The molecule has 0 aromatic heterocycles. The molecule has 0 aliphatic heterocycles. The van der Waals surface area contributed by atoms with Gasteiger partial charge in [0.25, 0.3) is 10.1 Å². The van der Waals surface area contributed by atoms with Crippen LogP contribution in [-0.2, 0) is 24.4 Å². The minimum atomic E-state index is -4.28. The van der Waals surface area contributed by atoms with Crippen molar-refractivity contribution in [2.24, 2.45) is 0 Å². The molecule has 0 saturated heterocycles. The molecule has 1 aromatic carbocycles. The molecule has 11 heteroatoms. The summed E-state index contributed by atoms with van der Waals surface area (Å²) < 4.78 is 43.4. The highest BCUT2D eigenvalue weighted by Crippen LogP contribution is 2.30. The molecule has 0 spiro atoms. The Morgan fingerprint density at radius 3 is 2.04 bits per heavy atom. The summed E-state index contributed by atoms with van der Waals surface area (Å²) in [6.45, 7) is 2.71. The maximum absolute atomic E-state index is 11.9. The van der Waals surface area contributed by atoms with Crippen LogP contribution in [0.3, 0.4) is 0 Å². The molecule has 0 bridgehead atoms. The van der Waals surface area contributed by atoms with Crippen LogP contribution in [0.25, 0.3) is 0 Å². The lowest BCUT2D eigenvalue weighted by Gasteiger charge is -2.23. The predicted molar refractivity (Wildman–Crippen MR) is 116 cm³/mol. The van der Waals surface area contributed by atoms with Crippen molar-refractivity contribution in [2.45, 2.75) is 32.3 Å². The fourth-order valence-electron chi connectivity index (χ4n) is 1.82. The maximum Gasteiger partial charge on any atom is 0.311 e. The van der Waals surface area contributed by atoms with Gasteiger partial charge in [-0.15, -0.1) is 0 Å². The Morgan fingerprint density at radius 1 is 1.08 bits per heavy atom. The Morgan fingerprint density at radius 2 is 1.56 bits per heavy atom. The van der Waals surface area contributed by atoms with Gasteiger partial charge >= 0.3 is 11.9 Å². The molecule has 140 valence electrons. The second kappa shape index (κ2) is 9.45. The Bertz CT molecular complexity index is 752. The third-order valence-corrected chi connectivity index (χ3v) is 5.92. The summed E-state index contributed by atoms with van der Waals surface area (Å²) in [5, 5.41) is 0. The van der Waals surface area contributed by atoms with Gasteiger partial charge in [-0.1, -0.05) is 0 Å². The summed E-state index contributed by atoms with van der Waals surface area (Å²) >= 11 is 6.27. The molecule has 0 saturated carbocycles. The van der Waals surface area contributed by atoms with Crippen LogP contribution in [0, 0.1) is 10.7 Å². The Kier molecular flexibility index (Phi) is 8.81. The van der Waals surface area contributed by atoms with Crippen LogP contribution in [0.15, 0.2) is 12.1 Å². The van der Waals surface area contributed by atoms with Gasteiger partial charge < -0.3 is 9.47 Å². The quantitative estimate of drug-likeness (QED) is 0.201. The predicted octanol–water partition coefficient (Wildman–Crippen LogP) is 3.40. The van der Waals surface area contributed by atoms with E-state index in [0.717, 1.165) is 10.7 Å². The van der Waals surface area contributed by atoms with Crippen LogP contribution < -0.4 is 4.74 Å². The average Bonchev–Trinajstić information content (AvgIpc) is 2.37. The highest BCUT2D eigenvalue weighted by Gasteiger charge is 2.29. The molecule has 1 rings (SSSR count). The van der Waals surface area contributed by atoms with E-state index in [1.165, 1.54) is 13.8 Å². The number of carbonyl (C=O) groups excluding carboxylic acids is 2. The molecule has 1 aromatic rings. The SMILES string of the molecule is CC(C)(CS(=O)(=O)O)OC(=O)CCC(=O)Oc1c(I)cc(I)cc1I. The number of ether oxygens (including phenoxy) is 2. The zero-order chi connectivity index (χ0) is 19.4. The monoisotopic (exact) mass is 708 g/mol. The lowest BCUT2D eigenvalue weighted by Crippen LogP contribution is -2.36. The largest absolute Gasteiger partial charge is 0.458 e. The van der Waals surface area contributed by atoms with E-state index in [1.807, 2.05) is 12.1 Å². The van der Waals surface area contributed by atoms with E-state index < -0.39 is 33.4 Å². The molecule has 1 N–H and O–H groups in total. The molecule has 0 radical (unpaired) electrons. The molecular weight excluding hydrogens is 693 g/mol. The molecule has 0 heterocycles. The summed E-state index contributed by atoms with van der Waals surface area (Å²) in [4.78, 5) is 23.7. The Labute approximate surface area is 186 Å². The number of hydrogen-bond acceptors (Lipinski definition) is 6. The smallest absolute Gasteiger partial charge is 0.311 e. The first kappa shape index (κ1) is 23.3. The van der Waals surface area contributed by atoms with E-state index in [-0.39, 0.29) is 12.8 Å². The number of esters is 2. The van der Waals surface area contributed by atoms with Crippen LogP contribution in [-0.4, -0.2) is 36.3 Å². The zero-order valence-corrected chi connectivity index (χ0v) is 20.5. The fraction of sp³-hybridized carbons (Fsp3) is 0.429. The summed E-state index contributed by atoms with van der Waals surface area (Å²) in [5.41, 5.74) is -1.39. The topological polar surface area (TPSA) is 107 Å². The van der Waals surface area contributed by atoms with Crippen molar-refractivity contribution in [3.63, 3.8) is 0 Å². The van der Waals surface area contributed by atoms with Crippen LogP contribution in [0.1, 0.15) is 26.7 Å². The van der Waals surface area contributed by atoms with Crippen LogP contribution in [0.2, 0.25) is 0 Å². The second-order valence-electron chi connectivity index (χ2n) is 5.63. The minimum Gasteiger partial charge on any atom is -0.458 e. The normalized spacial score (nSPS) is 11.9. The van der Waals surface area contributed by atoms with Gasteiger partial charge in [0.2, 0.25) is 0 Å². The maximum atomic E-state index is 11.9. The van der Waals surface area contributed by atoms with E-state index >= 15 is 0 Å². The van der Waals surface area contributed by atoms with E-state index in [4.69, 9.17) is 14.0 Å². The summed E-state index contributed by atoms with van der Waals surface area (Å²) in [7, 11) is -4.28. The zero-order valence-electron chi connectivity index (χ0n) is 13.2. The average molecular weight is 708 g/mol. The summed E-state index contributed by atoms with van der Waals surface area (Å²) in [5.74, 6) is -1.64. The second-order valence-corrected chi connectivity index (χ2v) is 10.7. The van der Waals surface area contributed by atoms with Gasteiger partial charge in [0.05, 0.1) is 20.0 Å². The van der Waals surface area contributed by atoms with Gasteiger partial charge in [0.15, 0.2) is 5.75 Å². The first-order valence-electron chi connectivity index (χ1n) is 6.81. The molecule has 25 heavy (non-hydrogen) atoms. The highest BCUT2D eigenvalue weighted by molar-refractivity contribution is 14.1. The van der Waals surface area contributed by atoms with Crippen LogP contribution in [0.5, 0.6) is 5.75 Å². The minimum absolute atomic E-state index is 0.209. The summed E-state index contributed by atoms with van der Waals surface area (Å²) in [6.07, 6.45) is -0.468. The lowest BCUT2D eigenvalue weighted by molar-refractivity contribution is -0.156. The molecule has 0 atom stereocenters. The fourth-order valence-corrected chi connectivity index (χ4v) is 6.56. The highest BCUT2D eigenvalue weighted by atomic mass is 127. The Hall–Kier alpha value is 0.260. The van der Waals surface area contributed by atoms with Gasteiger partial charge in [-0.3, -0.25) is 14.1 Å². The van der Waals surface area contributed by atoms with Crippen molar-refractivity contribution in [3.05, 3.63) is 22.8 Å². The molecule has 0 amide bonds. The number of hydrogen-bond donors (Lipinski definition) is 1. The van der Waals surface area contributed by atoms with Crippen molar-refractivity contribution >= 4 is 89.8 Å². The van der Waals surface area contributed by atoms with Gasteiger partial charge in [0, 0.05) is 3.57 Å². The lowest BCUT2D eigenvalue weighted by atomic mass is 10.2. The first-order valence-corrected chi connectivity index (χ1v) is 11.7. The molecular formula is C14H15I3O7S. The molecule has 0 aliphatic carbocycles. The number of rotatable bonds is 7. The van der Waals surface area contributed by atoms with Gasteiger partial charge in [0.1, 0.15) is 11.4 Å². The van der Waals surface area contributed by atoms with Crippen molar-refractivity contribution < 1.29 is 32.0 Å². The van der Waals surface area contributed by atoms with Crippen molar-refractivity contribution in [1.82, 2.24) is 0 Å². The van der Waals surface area contributed by atoms with E-state index in [9.17, 15) is 18.0 Å². The van der Waals surface area contributed by atoms with Crippen LogP contribution >= 0.6 is 67.8 Å². The van der Waals surface area contributed by atoms with Gasteiger partial charge in [-0.2, -0.15) is 8.42 Å². The molecule has 7 nitrogen and oxygen atoms in total. The van der Waals surface area contributed by atoms with Crippen molar-refractivity contribution in [1.29, 1.82) is 0 Å². The molecule has 0 unspecified atom stereocenters. The van der Waals surface area contributed by atoms with Gasteiger partial charge in [-0.05, 0) is 93.8 Å². The van der Waals surface area contributed by atoms with E-state index in [1.54, 1.807) is 0 Å².